The average molecular weight is 177 g/mol. The largest absolute Gasteiger partial charge is 0.392 e. The minimum absolute atomic E-state index is 0.193. The second-order valence-electron chi connectivity index (χ2n) is 2.67. The number of aliphatic hydroxyl groups excluding tert-OH is 1. The fourth-order valence-corrected chi connectivity index (χ4v) is 1.55. The zero-order valence-corrected chi connectivity index (χ0v) is 8.45. The summed E-state index contributed by atoms with van der Waals surface area (Å²) in [7, 11) is 0. The van der Waals surface area contributed by atoms with Crippen molar-refractivity contribution < 1.29 is 5.11 Å². The zero-order valence-electron chi connectivity index (χ0n) is 7.63. The molecule has 11 heavy (non-hydrogen) atoms. The van der Waals surface area contributed by atoms with Gasteiger partial charge in [-0.15, -0.1) is 0 Å². The van der Waals surface area contributed by atoms with Gasteiger partial charge in [-0.25, -0.2) is 0 Å². The van der Waals surface area contributed by atoms with Crippen LogP contribution in [-0.2, 0) is 0 Å². The minimum atomic E-state index is -0.193. The van der Waals surface area contributed by atoms with Gasteiger partial charge in [-0.05, 0) is 13.5 Å². The lowest BCUT2D eigenvalue weighted by atomic mass is 10.3. The van der Waals surface area contributed by atoms with Crippen molar-refractivity contribution in [2.24, 2.45) is 0 Å². The molecule has 0 aromatic heterocycles. The van der Waals surface area contributed by atoms with Gasteiger partial charge in [0.1, 0.15) is 0 Å². The molecule has 68 valence electrons. The molecular weight excluding hydrogens is 158 g/mol. The summed E-state index contributed by atoms with van der Waals surface area (Å²) in [6, 6.07) is 0. The van der Waals surface area contributed by atoms with E-state index in [9.17, 15) is 0 Å². The van der Waals surface area contributed by atoms with Gasteiger partial charge in [-0.1, -0.05) is 13.8 Å². The van der Waals surface area contributed by atoms with Gasteiger partial charge in [0.15, 0.2) is 0 Å². The summed E-state index contributed by atoms with van der Waals surface area (Å²) in [5.41, 5.74) is 0. The van der Waals surface area contributed by atoms with Crippen LogP contribution in [0, 0.1) is 0 Å². The molecule has 0 aliphatic rings. The Balaban J connectivity index is 3.10. The van der Waals surface area contributed by atoms with Crippen molar-refractivity contribution in [3.05, 3.63) is 0 Å². The maximum Gasteiger partial charge on any atom is 0.0627 e. The first-order chi connectivity index (χ1) is 5.18. The molecule has 0 radical (unpaired) electrons. The van der Waals surface area contributed by atoms with Gasteiger partial charge < -0.3 is 10.4 Å². The molecule has 0 aromatic rings. The second-order valence-corrected chi connectivity index (χ2v) is 4.16. The number of hydrogen-bond acceptors (Lipinski definition) is 3. The van der Waals surface area contributed by atoms with E-state index in [4.69, 9.17) is 5.11 Å². The van der Waals surface area contributed by atoms with Gasteiger partial charge in [0.05, 0.1) is 6.10 Å². The van der Waals surface area contributed by atoms with Gasteiger partial charge in [0, 0.05) is 17.5 Å². The molecule has 0 aromatic carbocycles. The van der Waals surface area contributed by atoms with E-state index < -0.39 is 0 Å². The predicted octanol–water partition coefficient (Wildman–Crippen LogP) is 1.10. The maximum absolute atomic E-state index is 9.14. The lowest BCUT2D eigenvalue weighted by Gasteiger charge is -2.13. The van der Waals surface area contributed by atoms with E-state index in [2.05, 4.69) is 19.2 Å². The fraction of sp³-hybridized carbons (Fsp3) is 1.00. The summed E-state index contributed by atoms with van der Waals surface area (Å²) in [6.07, 6.45) is -0.193. The molecule has 2 nitrogen and oxygen atoms in total. The van der Waals surface area contributed by atoms with Crippen LogP contribution >= 0.6 is 11.8 Å². The van der Waals surface area contributed by atoms with Crippen LogP contribution in [0.5, 0.6) is 0 Å². The molecule has 0 saturated heterocycles. The number of aliphatic hydroxyl groups is 1. The van der Waals surface area contributed by atoms with Crippen molar-refractivity contribution in [3.63, 3.8) is 0 Å². The number of thioether (sulfide) groups is 1. The first kappa shape index (κ1) is 11.3. The lowest BCUT2D eigenvalue weighted by molar-refractivity contribution is 0.196. The van der Waals surface area contributed by atoms with Crippen LogP contribution in [0.4, 0.5) is 0 Å². The van der Waals surface area contributed by atoms with Crippen molar-refractivity contribution in [2.45, 2.75) is 32.1 Å². The molecule has 2 unspecified atom stereocenters. The second kappa shape index (κ2) is 6.95. The smallest absolute Gasteiger partial charge is 0.0627 e. The van der Waals surface area contributed by atoms with E-state index >= 15 is 0 Å². The molecule has 0 bridgehead atoms. The Morgan fingerprint density at radius 3 is 2.55 bits per heavy atom. The first-order valence-corrected chi connectivity index (χ1v) is 5.23. The molecule has 0 heterocycles. The van der Waals surface area contributed by atoms with Crippen molar-refractivity contribution >= 4 is 11.8 Å². The van der Waals surface area contributed by atoms with E-state index in [0.717, 1.165) is 18.8 Å². The van der Waals surface area contributed by atoms with Gasteiger partial charge >= 0.3 is 0 Å². The average Bonchev–Trinajstić information content (AvgIpc) is 1.97. The van der Waals surface area contributed by atoms with Crippen LogP contribution in [0.2, 0.25) is 0 Å². The third kappa shape index (κ3) is 6.66. The van der Waals surface area contributed by atoms with Crippen LogP contribution in [0.1, 0.15) is 20.8 Å². The van der Waals surface area contributed by atoms with Gasteiger partial charge in [0.25, 0.3) is 0 Å². The Morgan fingerprint density at radius 2 is 2.09 bits per heavy atom. The van der Waals surface area contributed by atoms with E-state index in [1.165, 1.54) is 0 Å². The van der Waals surface area contributed by atoms with Crippen molar-refractivity contribution in [3.8, 4) is 0 Å². The highest BCUT2D eigenvalue weighted by molar-refractivity contribution is 7.99. The van der Waals surface area contributed by atoms with E-state index in [-0.39, 0.29) is 6.10 Å². The fourth-order valence-electron chi connectivity index (χ4n) is 0.633. The summed E-state index contributed by atoms with van der Waals surface area (Å²) >= 11 is 1.81. The third-order valence-electron chi connectivity index (χ3n) is 1.59. The van der Waals surface area contributed by atoms with Crippen LogP contribution in [-0.4, -0.2) is 35.3 Å². The Morgan fingerprint density at radius 1 is 1.45 bits per heavy atom. The summed E-state index contributed by atoms with van der Waals surface area (Å²) in [4.78, 5) is 0. The molecule has 0 aliphatic heterocycles. The monoisotopic (exact) mass is 177 g/mol. The van der Waals surface area contributed by atoms with Crippen molar-refractivity contribution in [1.29, 1.82) is 0 Å². The highest BCUT2D eigenvalue weighted by Crippen LogP contribution is 2.12. The molecule has 3 heteroatoms. The molecule has 2 N–H and O–H groups in total. The minimum Gasteiger partial charge on any atom is -0.392 e. The van der Waals surface area contributed by atoms with E-state index in [0.29, 0.717) is 5.25 Å². The Hall–Kier alpha value is 0.270. The van der Waals surface area contributed by atoms with Gasteiger partial charge in [0.2, 0.25) is 0 Å². The number of nitrogens with one attached hydrogen (secondary N) is 1. The standard InChI is InChI=1S/C8H19NOS/c1-4-9-5-6-11-8(3)7(2)10/h7-10H,4-6H2,1-3H3. The maximum atomic E-state index is 9.14. The third-order valence-corrected chi connectivity index (χ3v) is 2.95. The van der Waals surface area contributed by atoms with Crippen LogP contribution in [0.25, 0.3) is 0 Å². The zero-order chi connectivity index (χ0) is 8.69. The van der Waals surface area contributed by atoms with Crippen molar-refractivity contribution in [2.75, 3.05) is 18.8 Å². The summed E-state index contributed by atoms with van der Waals surface area (Å²) < 4.78 is 0. The van der Waals surface area contributed by atoms with Gasteiger partial charge in [-0.3, -0.25) is 0 Å². The molecule has 0 fully saturated rings. The molecule has 0 spiro atoms. The molecule has 0 aliphatic carbocycles. The first-order valence-electron chi connectivity index (χ1n) is 4.18. The number of hydrogen-bond donors (Lipinski definition) is 2. The van der Waals surface area contributed by atoms with Crippen molar-refractivity contribution in [1.82, 2.24) is 5.32 Å². The Bertz CT molecular complexity index is 88.2. The highest BCUT2D eigenvalue weighted by Gasteiger charge is 2.07. The normalized spacial score (nSPS) is 16.4. The Kier molecular flexibility index (Phi) is 7.12. The Labute approximate surface area is 73.8 Å². The molecular formula is C8H19NOS. The van der Waals surface area contributed by atoms with E-state index in [1.54, 1.807) is 0 Å². The summed E-state index contributed by atoms with van der Waals surface area (Å²) in [5, 5.41) is 12.7. The molecule has 0 amide bonds. The molecule has 0 rings (SSSR count). The summed E-state index contributed by atoms with van der Waals surface area (Å²) in [5.74, 6) is 1.08. The topological polar surface area (TPSA) is 32.3 Å². The highest BCUT2D eigenvalue weighted by atomic mass is 32.2. The lowest BCUT2D eigenvalue weighted by Crippen LogP contribution is -2.20. The SMILES string of the molecule is CCNCCSC(C)C(C)O. The van der Waals surface area contributed by atoms with Crippen LogP contribution in [0.15, 0.2) is 0 Å². The van der Waals surface area contributed by atoms with Crippen LogP contribution < -0.4 is 5.32 Å². The molecule has 2 atom stereocenters. The van der Waals surface area contributed by atoms with E-state index in [1.807, 2.05) is 18.7 Å². The van der Waals surface area contributed by atoms with Gasteiger partial charge in [-0.2, -0.15) is 11.8 Å². The van der Waals surface area contributed by atoms with Crippen LogP contribution in [0.3, 0.4) is 0 Å². The summed E-state index contributed by atoms with van der Waals surface area (Å²) in [6.45, 7) is 8.07. The number of rotatable bonds is 6. The predicted molar refractivity (Wildman–Crippen MR) is 52.1 cm³/mol. The quantitative estimate of drug-likeness (QED) is 0.596. The molecule has 0 saturated carbocycles.